The van der Waals surface area contributed by atoms with Crippen molar-refractivity contribution >= 4 is 41.6 Å². The predicted octanol–water partition coefficient (Wildman–Crippen LogP) is 0.787. The predicted molar refractivity (Wildman–Crippen MR) is 143 cm³/mol. The van der Waals surface area contributed by atoms with Gasteiger partial charge < -0.3 is 36.2 Å². The maximum Gasteiger partial charge on any atom is 0.408 e. The summed E-state index contributed by atoms with van der Waals surface area (Å²) in [5.41, 5.74) is 5.02. The summed E-state index contributed by atoms with van der Waals surface area (Å²) >= 11 is 1.42. The number of nitrogens with zero attached hydrogens (tertiary/aromatic N) is 1. The lowest BCUT2D eigenvalue weighted by Gasteiger charge is -2.30. The van der Waals surface area contributed by atoms with Gasteiger partial charge >= 0.3 is 18.0 Å². The number of hydroxylamine groups is 2. The number of hydrogen-bond acceptors (Lipinski definition) is 10. The zero-order valence-electron chi connectivity index (χ0n) is 22.7. The van der Waals surface area contributed by atoms with Crippen LogP contribution in [0.5, 0.6) is 0 Å². The van der Waals surface area contributed by atoms with Gasteiger partial charge in [0, 0.05) is 0 Å². The van der Waals surface area contributed by atoms with E-state index in [2.05, 4.69) is 10.6 Å². The number of rotatable bonds is 15. The highest BCUT2D eigenvalue weighted by Gasteiger charge is 2.37. The minimum Gasteiger partial charge on any atom is -0.480 e. The number of alkyl carbamates (subject to hydrolysis) is 1. The second-order valence-electron chi connectivity index (χ2n) is 9.71. The Bertz CT molecular complexity index is 986. The molecule has 4 atom stereocenters. The van der Waals surface area contributed by atoms with Crippen molar-refractivity contribution in [1.82, 2.24) is 15.7 Å². The summed E-state index contributed by atoms with van der Waals surface area (Å²) in [6.07, 6.45) is -1.01. The lowest BCUT2D eigenvalue weighted by atomic mass is 10.1. The van der Waals surface area contributed by atoms with E-state index in [1.54, 1.807) is 57.4 Å². The smallest absolute Gasteiger partial charge is 0.408 e. The standard InChI is InChI=1S/C25H38N4O9S/c1-15(30)20(22(33)34)29(14-16-9-7-6-8-10-16)38-23(35)18(13-19(26)31)27-21(32)17(11-12-39-5)28-24(36)37-25(2,3)4/h6-10,15,17-18,20,30H,11-14H2,1-5H3,(H2,26,31)(H,27,32)(H,28,36)(H,33,34)/t15-,17+,18+,20+/m1/s1. The summed E-state index contributed by atoms with van der Waals surface area (Å²) in [6, 6.07) is 4.02. The molecule has 0 radical (unpaired) electrons. The molecule has 0 aliphatic rings. The Hall–Kier alpha value is -3.36. The van der Waals surface area contributed by atoms with Crippen molar-refractivity contribution in [3.63, 3.8) is 0 Å². The zero-order valence-corrected chi connectivity index (χ0v) is 23.5. The highest BCUT2D eigenvalue weighted by Crippen LogP contribution is 2.15. The highest BCUT2D eigenvalue weighted by molar-refractivity contribution is 7.98. The molecule has 0 heterocycles. The quantitative estimate of drug-likeness (QED) is 0.187. The van der Waals surface area contributed by atoms with Gasteiger partial charge in [-0.05, 0) is 51.7 Å². The molecule has 0 aliphatic heterocycles. The molecule has 218 valence electrons. The number of nitrogens with two attached hydrogens (primary N) is 1. The van der Waals surface area contributed by atoms with Crippen molar-refractivity contribution in [2.75, 3.05) is 12.0 Å². The Morgan fingerprint density at radius 2 is 1.69 bits per heavy atom. The van der Waals surface area contributed by atoms with Crippen molar-refractivity contribution < 1.29 is 43.8 Å². The van der Waals surface area contributed by atoms with Crippen LogP contribution < -0.4 is 16.4 Å². The van der Waals surface area contributed by atoms with Crippen LogP contribution in [0.3, 0.4) is 0 Å². The van der Waals surface area contributed by atoms with E-state index in [9.17, 15) is 34.2 Å². The second kappa shape index (κ2) is 15.9. The molecule has 0 saturated heterocycles. The fourth-order valence-corrected chi connectivity index (χ4v) is 3.79. The largest absolute Gasteiger partial charge is 0.480 e. The maximum absolute atomic E-state index is 13.1. The molecule has 0 fully saturated rings. The van der Waals surface area contributed by atoms with Crippen molar-refractivity contribution in [1.29, 1.82) is 0 Å². The van der Waals surface area contributed by atoms with E-state index in [1.807, 2.05) is 0 Å². The molecule has 13 nitrogen and oxygen atoms in total. The first-order valence-electron chi connectivity index (χ1n) is 12.1. The molecule has 0 unspecified atom stereocenters. The number of carbonyl (C=O) groups is 5. The Morgan fingerprint density at radius 3 is 2.18 bits per heavy atom. The number of aliphatic hydroxyl groups excluding tert-OH is 1. The number of benzene rings is 1. The number of aliphatic carboxylic acids is 1. The first-order chi connectivity index (χ1) is 18.1. The van der Waals surface area contributed by atoms with Crippen molar-refractivity contribution in [3.8, 4) is 0 Å². The number of ether oxygens (including phenoxy) is 1. The maximum atomic E-state index is 13.1. The summed E-state index contributed by atoms with van der Waals surface area (Å²) < 4.78 is 5.21. The number of nitrogens with one attached hydrogen (secondary N) is 2. The number of hydrogen-bond donors (Lipinski definition) is 5. The minimum absolute atomic E-state index is 0.174. The summed E-state index contributed by atoms with van der Waals surface area (Å²) in [4.78, 5) is 67.4. The summed E-state index contributed by atoms with van der Waals surface area (Å²) in [7, 11) is 0. The van der Waals surface area contributed by atoms with Gasteiger partial charge in [-0.2, -0.15) is 11.8 Å². The average molecular weight is 571 g/mol. The van der Waals surface area contributed by atoms with Crippen LogP contribution in [0.4, 0.5) is 4.79 Å². The monoisotopic (exact) mass is 570 g/mol. The molecule has 39 heavy (non-hydrogen) atoms. The van der Waals surface area contributed by atoms with Crippen molar-refractivity contribution in [3.05, 3.63) is 35.9 Å². The molecule has 14 heteroatoms. The van der Waals surface area contributed by atoms with E-state index in [0.29, 0.717) is 11.3 Å². The molecule has 6 N–H and O–H groups in total. The van der Waals surface area contributed by atoms with E-state index in [1.165, 1.54) is 18.7 Å². The Kier molecular flexibility index (Phi) is 13.7. The van der Waals surface area contributed by atoms with Gasteiger partial charge in [-0.1, -0.05) is 30.3 Å². The van der Waals surface area contributed by atoms with Crippen LogP contribution in [0, 0.1) is 0 Å². The third-order valence-electron chi connectivity index (χ3n) is 5.03. The highest BCUT2D eigenvalue weighted by atomic mass is 32.2. The zero-order chi connectivity index (χ0) is 29.8. The molecular weight excluding hydrogens is 532 g/mol. The molecule has 0 bridgehead atoms. The lowest BCUT2D eigenvalue weighted by Crippen LogP contribution is -2.55. The summed E-state index contributed by atoms with van der Waals surface area (Å²) in [5, 5.41) is 25.3. The Balaban J connectivity index is 3.18. The SMILES string of the molecule is CSCC[C@H](NC(=O)OC(C)(C)C)C(=O)N[C@@H](CC(N)=O)C(=O)ON(Cc1ccccc1)[C@H](C(=O)O)[C@@H](C)O. The van der Waals surface area contributed by atoms with Crippen LogP contribution >= 0.6 is 11.8 Å². The third-order valence-corrected chi connectivity index (χ3v) is 5.68. The van der Waals surface area contributed by atoms with Crippen LogP contribution in [0.25, 0.3) is 0 Å². The van der Waals surface area contributed by atoms with Gasteiger partial charge in [-0.3, -0.25) is 14.4 Å². The van der Waals surface area contributed by atoms with Gasteiger partial charge in [-0.15, -0.1) is 5.06 Å². The lowest BCUT2D eigenvalue weighted by molar-refractivity contribution is -0.221. The fourth-order valence-electron chi connectivity index (χ4n) is 3.32. The first kappa shape index (κ1) is 33.7. The van der Waals surface area contributed by atoms with Crippen LogP contribution in [-0.2, 0) is 35.3 Å². The number of aliphatic hydroxyl groups is 1. The number of carboxylic acids is 1. The molecule has 0 aliphatic carbocycles. The number of thioether (sulfide) groups is 1. The van der Waals surface area contributed by atoms with Crippen molar-refractivity contribution in [2.45, 2.75) is 76.9 Å². The Morgan fingerprint density at radius 1 is 1.08 bits per heavy atom. The third kappa shape index (κ3) is 12.8. The summed E-state index contributed by atoms with van der Waals surface area (Å²) in [6.45, 7) is 5.96. The number of carboxylic acid groups (broad SMARTS) is 1. The normalized spacial score (nSPS) is 14.4. The van der Waals surface area contributed by atoms with Gasteiger partial charge in [0.05, 0.1) is 19.1 Å². The second-order valence-corrected chi connectivity index (χ2v) is 10.7. The average Bonchev–Trinajstić information content (AvgIpc) is 2.79. The van der Waals surface area contributed by atoms with Crippen LogP contribution in [0.15, 0.2) is 30.3 Å². The van der Waals surface area contributed by atoms with E-state index < -0.39 is 66.1 Å². The van der Waals surface area contributed by atoms with Crippen LogP contribution in [0.2, 0.25) is 0 Å². The fraction of sp³-hybridized carbons (Fsp3) is 0.560. The van der Waals surface area contributed by atoms with Gasteiger partial charge in [0.15, 0.2) is 6.04 Å². The van der Waals surface area contributed by atoms with Gasteiger partial charge in [0.25, 0.3) is 0 Å². The molecule has 0 aromatic heterocycles. The van der Waals surface area contributed by atoms with Gasteiger partial charge in [-0.25, -0.2) is 9.59 Å². The van der Waals surface area contributed by atoms with Gasteiger partial charge in [0.1, 0.15) is 17.7 Å². The molecular formula is C25H38N4O9S. The van der Waals surface area contributed by atoms with Gasteiger partial charge in [0.2, 0.25) is 11.8 Å². The Labute approximate surface area is 231 Å². The van der Waals surface area contributed by atoms with Crippen molar-refractivity contribution in [2.24, 2.45) is 5.73 Å². The van der Waals surface area contributed by atoms with E-state index in [0.717, 1.165) is 5.06 Å². The molecule has 1 rings (SSSR count). The topological polar surface area (TPSA) is 198 Å². The molecule has 0 spiro atoms. The molecule has 1 aromatic rings. The minimum atomic E-state index is -1.66. The van der Waals surface area contributed by atoms with Crippen LogP contribution in [-0.4, -0.2) is 87.0 Å². The van der Waals surface area contributed by atoms with E-state index >= 15 is 0 Å². The molecule has 0 saturated carbocycles. The van der Waals surface area contributed by atoms with E-state index in [-0.39, 0.29) is 13.0 Å². The number of primary amides is 1. The molecule has 1 aromatic carbocycles. The molecule has 3 amide bonds. The van der Waals surface area contributed by atoms with Crippen LogP contribution in [0.1, 0.15) is 46.1 Å². The number of carbonyl (C=O) groups excluding carboxylic acids is 4. The van der Waals surface area contributed by atoms with E-state index in [4.69, 9.17) is 15.3 Å². The first-order valence-corrected chi connectivity index (χ1v) is 13.5. The summed E-state index contributed by atoms with van der Waals surface area (Å²) in [5.74, 6) is -3.94. The number of amides is 3.